The summed E-state index contributed by atoms with van der Waals surface area (Å²) in [5.41, 5.74) is 1.50. The fourth-order valence-electron chi connectivity index (χ4n) is 1.84. The van der Waals surface area contributed by atoms with Gasteiger partial charge in [0.25, 0.3) is 0 Å². The topological polar surface area (TPSA) is 0 Å². The van der Waals surface area contributed by atoms with Crippen molar-refractivity contribution in [1.29, 1.82) is 0 Å². The molecule has 0 spiro atoms. The Morgan fingerprint density at radius 2 is 1.45 bits per heavy atom. The highest BCUT2D eigenvalue weighted by Gasteiger charge is 2.08. The smallest absolute Gasteiger partial charge is 0.159 e. The first-order valence-electron chi connectivity index (χ1n) is 7.12. The zero-order valence-corrected chi connectivity index (χ0v) is 13.9. The first-order valence-corrected chi connectivity index (χ1v) is 7.50. The molecule has 22 heavy (non-hydrogen) atoms. The maximum absolute atomic E-state index is 13.1. The van der Waals surface area contributed by atoms with Crippen molar-refractivity contribution in [2.45, 2.75) is 39.5 Å². The lowest BCUT2D eigenvalue weighted by Gasteiger charge is -2.06. The summed E-state index contributed by atoms with van der Waals surface area (Å²) in [4.78, 5) is 0. The van der Waals surface area contributed by atoms with Crippen LogP contribution >= 0.6 is 11.6 Å². The zero-order valence-electron chi connectivity index (χ0n) is 13.1. The summed E-state index contributed by atoms with van der Waals surface area (Å²) in [5.74, 6) is -1.41. The number of halogens is 4. The summed E-state index contributed by atoms with van der Waals surface area (Å²) in [6.45, 7) is 7.75. The normalized spacial score (nSPS) is 10.6. The van der Waals surface area contributed by atoms with E-state index in [2.05, 4.69) is 0 Å². The predicted octanol–water partition coefficient (Wildman–Crippen LogP) is 6.69. The molecule has 4 heteroatoms. The molecule has 0 saturated carbocycles. The molecule has 2 rings (SSSR count). The van der Waals surface area contributed by atoms with E-state index in [1.54, 1.807) is 24.3 Å². The lowest BCUT2D eigenvalue weighted by atomic mass is 10.0. The zero-order chi connectivity index (χ0) is 16.9. The molecule has 2 aromatic carbocycles. The van der Waals surface area contributed by atoms with Crippen LogP contribution in [0, 0.1) is 17.5 Å². The second kappa shape index (κ2) is 8.23. The lowest BCUT2D eigenvalue weighted by molar-refractivity contribution is 0.506. The van der Waals surface area contributed by atoms with E-state index in [9.17, 15) is 13.2 Å². The van der Waals surface area contributed by atoms with Crippen molar-refractivity contribution in [3.63, 3.8) is 0 Å². The van der Waals surface area contributed by atoms with Crippen LogP contribution in [0.25, 0.3) is 0 Å². The maximum atomic E-state index is 13.1. The third kappa shape index (κ3) is 5.06. The Morgan fingerprint density at radius 1 is 0.818 bits per heavy atom. The Hall–Kier alpha value is -1.48. The molecule has 0 aliphatic rings. The van der Waals surface area contributed by atoms with Gasteiger partial charge in [0.15, 0.2) is 11.6 Å². The monoisotopic (exact) mass is 328 g/mol. The molecule has 0 aliphatic heterocycles. The number of benzene rings is 2. The minimum Gasteiger partial charge on any atom is -0.205 e. The highest BCUT2D eigenvalue weighted by Crippen LogP contribution is 2.23. The van der Waals surface area contributed by atoms with Crippen LogP contribution in [0.15, 0.2) is 36.4 Å². The second-order valence-electron chi connectivity index (χ2n) is 5.63. The third-order valence-electron chi connectivity index (χ3n) is 3.21. The van der Waals surface area contributed by atoms with E-state index in [4.69, 9.17) is 11.6 Å². The van der Waals surface area contributed by atoms with Crippen LogP contribution in [0.5, 0.6) is 0 Å². The Labute approximate surface area is 134 Å². The van der Waals surface area contributed by atoms with Crippen LogP contribution in [0.4, 0.5) is 13.2 Å². The average molecular weight is 329 g/mol. The van der Waals surface area contributed by atoms with Gasteiger partial charge in [-0.05, 0) is 41.2 Å². The van der Waals surface area contributed by atoms with Crippen molar-refractivity contribution >= 4 is 11.6 Å². The van der Waals surface area contributed by atoms with Crippen molar-refractivity contribution in [1.82, 2.24) is 0 Å². The van der Waals surface area contributed by atoms with Gasteiger partial charge in [-0.1, -0.05) is 57.5 Å². The van der Waals surface area contributed by atoms with Gasteiger partial charge in [-0.2, -0.15) is 0 Å². The SMILES string of the molecule is CC(C)c1ccc(F)c(F)c1.CC(C)c1cccc(Cl)c1F. The minimum absolute atomic E-state index is 0.189. The van der Waals surface area contributed by atoms with Crippen molar-refractivity contribution in [3.05, 3.63) is 70.0 Å². The minimum atomic E-state index is -0.783. The van der Waals surface area contributed by atoms with Crippen molar-refractivity contribution in [2.24, 2.45) is 0 Å². The first-order chi connectivity index (χ1) is 10.2. The molecule has 120 valence electrons. The van der Waals surface area contributed by atoms with Gasteiger partial charge in [0, 0.05) is 0 Å². The van der Waals surface area contributed by atoms with E-state index in [-0.39, 0.29) is 22.7 Å². The summed E-state index contributed by atoms with van der Waals surface area (Å²) in [6.07, 6.45) is 0. The Morgan fingerprint density at radius 3 is 1.91 bits per heavy atom. The molecule has 0 atom stereocenters. The lowest BCUT2D eigenvalue weighted by Crippen LogP contribution is -1.92. The van der Waals surface area contributed by atoms with E-state index in [1.807, 2.05) is 27.7 Å². The van der Waals surface area contributed by atoms with Gasteiger partial charge >= 0.3 is 0 Å². The van der Waals surface area contributed by atoms with Crippen LogP contribution in [0.2, 0.25) is 5.02 Å². The highest BCUT2D eigenvalue weighted by atomic mass is 35.5. The number of hydrogen-bond acceptors (Lipinski definition) is 0. The molecule has 0 heterocycles. The molecule has 0 aliphatic carbocycles. The van der Waals surface area contributed by atoms with Gasteiger partial charge in [0.2, 0.25) is 0 Å². The molecule has 0 bridgehead atoms. The van der Waals surface area contributed by atoms with Crippen LogP contribution in [0.1, 0.15) is 50.7 Å². The first kappa shape index (κ1) is 18.6. The summed E-state index contributed by atoms with van der Waals surface area (Å²) in [5, 5.41) is 0.205. The molecular weight excluding hydrogens is 309 g/mol. The molecular formula is C18H20ClF3. The largest absolute Gasteiger partial charge is 0.205 e. The van der Waals surface area contributed by atoms with E-state index >= 15 is 0 Å². The summed E-state index contributed by atoms with van der Waals surface area (Å²) in [6, 6.07) is 9.07. The Bertz CT molecular complexity index is 622. The molecule has 0 saturated heterocycles. The summed E-state index contributed by atoms with van der Waals surface area (Å²) >= 11 is 5.58. The van der Waals surface area contributed by atoms with Gasteiger partial charge in [-0.3, -0.25) is 0 Å². The van der Waals surface area contributed by atoms with E-state index < -0.39 is 11.6 Å². The van der Waals surface area contributed by atoms with Crippen LogP contribution in [-0.2, 0) is 0 Å². The van der Waals surface area contributed by atoms with Gasteiger partial charge in [0.1, 0.15) is 5.82 Å². The van der Waals surface area contributed by atoms with Crippen molar-refractivity contribution < 1.29 is 13.2 Å². The van der Waals surface area contributed by atoms with Gasteiger partial charge < -0.3 is 0 Å². The number of rotatable bonds is 2. The molecule has 0 aromatic heterocycles. The van der Waals surface area contributed by atoms with E-state index in [0.717, 1.165) is 11.6 Å². The molecule has 0 N–H and O–H groups in total. The molecule has 0 radical (unpaired) electrons. The van der Waals surface area contributed by atoms with Crippen molar-refractivity contribution in [3.8, 4) is 0 Å². The van der Waals surface area contributed by atoms with Gasteiger partial charge in [0.05, 0.1) is 5.02 Å². The molecule has 2 aromatic rings. The molecule has 0 fully saturated rings. The fraction of sp³-hybridized carbons (Fsp3) is 0.333. The van der Waals surface area contributed by atoms with Crippen molar-refractivity contribution in [2.75, 3.05) is 0 Å². The third-order valence-corrected chi connectivity index (χ3v) is 3.51. The molecule has 0 amide bonds. The summed E-state index contributed by atoms with van der Waals surface area (Å²) in [7, 11) is 0. The Balaban J connectivity index is 0.000000220. The molecule has 0 unspecified atom stereocenters. The highest BCUT2D eigenvalue weighted by molar-refractivity contribution is 6.30. The maximum Gasteiger partial charge on any atom is 0.159 e. The second-order valence-corrected chi connectivity index (χ2v) is 6.03. The summed E-state index contributed by atoms with van der Waals surface area (Å²) < 4.78 is 38.1. The van der Waals surface area contributed by atoms with Gasteiger partial charge in [-0.25, -0.2) is 13.2 Å². The standard InChI is InChI=1S/C9H10ClF.C9H10F2/c1-6(2)7-4-3-5-8(10)9(7)11;1-6(2)7-3-4-8(10)9(11)5-7/h2*3-6H,1-2H3. The predicted molar refractivity (Wildman–Crippen MR) is 85.9 cm³/mol. The average Bonchev–Trinajstić information content (AvgIpc) is 2.45. The van der Waals surface area contributed by atoms with E-state index in [1.165, 1.54) is 6.07 Å². The van der Waals surface area contributed by atoms with Crippen LogP contribution in [0.3, 0.4) is 0 Å². The Kier molecular flexibility index (Phi) is 6.95. The number of hydrogen-bond donors (Lipinski definition) is 0. The van der Waals surface area contributed by atoms with Gasteiger partial charge in [-0.15, -0.1) is 0 Å². The van der Waals surface area contributed by atoms with E-state index in [0.29, 0.717) is 5.56 Å². The fourth-order valence-corrected chi connectivity index (χ4v) is 2.02. The van der Waals surface area contributed by atoms with Crippen LogP contribution < -0.4 is 0 Å². The molecule has 0 nitrogen and oxygen atoms in total. The quantitative estimate of drug-likeness (QED) is 0.576. The van der Waals surface area contributed by atoms with Crippen LogP contribution in [-0.4, -0.2) is 0 Å².